The van der Waals surface area contributed by atoms with E-state index in [4.69, 9.17) is 23.1 Å². The Morgan fingerprint density at radius 3 is 2.53 bits per heavy atom. The quantitative estimate of drug-likeness (QED) is 0.438. The molecule has 3 heterocycles. The van der Waals surface area contributed by atoms with Gasteiger partial charge in [0.25, 0.3) is 5.82 Å². The molecule has 0 spiro atoms. The van der Waals surface area contributed by atoms with Crippen molar-refractivity contribution in [2.45, 2.75) is 65.1 Å². The molecule has 0 unspecified atom stereocenters. The van der Waals surface area contributed by atoms with Gasteiger partial charge in [-0.3, -0.25) is 4.79 Å². The van der Waals surface area contributed by atoms with Gasteiger partial charge in [0, 0.05) is 32.9 Å². The zero-order chi connectivity index (χ0) is 25.4. The summed E-state index contributed by atoms with van der Waals surface area (Å²) in [6.07, 6.45) is 4.97. The molecular formula is C26H34ClN8O+. The largest absolute Gasteiger partial charge is 0.382 e. The van der Waals surface area contributed by atoms with Gasteiger partial charge in [-0.25, -0.2) is 19.1 Å². The Morgan fingerprint density at radius 2 is 1.89 bits per heavy atom. The number of halogens is 1. The first-order valence-corrected chi connectivity index (χ1v) is 13.1. The van der Waals surface area contributed by atoms with Crippen LogP contribution in [0.25, 0.3) is 16.7 Å². The van der Waals surface area contributed by atoms with E-state index in [1.54, 1.807) is 6.92 Å². The van der Waals surface area contributed by atoms with Crippen LogP contribution in [-0.2, 0) is 17.9 Å². The Bertz CT molecular complexity index is 1330. The van der Waals surface area contributed by atoms with Crippen molar-refractivity contribution in [1.82, 2.24) is 24.8 Å². The van der Waals surface area contributed by atoms with Crippen LogP contribution in [0.4, 0.5) is 11.6 Å². The lowest BCUT2D eigenvalue weighted by Crippen LogP contribution is -2.42. The summed E-state index contributed by atoms with van der Waals surface area (Å²) in [5.74, 6) is 1.75. The normalized spacial score (nSPS) is 16.3. The summed E-state index contributed by atoms with van der Waals surface area (Å²) in [6, 6.07) is 8.86. The van der Waals surface area contributed by atoms with Crippen LogP contribution in [0, 0.1) is 0 Å². The number of para-hydroxylation sites is 2. The zero-order valence-electron chi connectivity index (χ0n) is 20.9. The summed E-state index contributed by atoms with van der Waals surface area (Å²) in [6.45, 7) is 6.82. The molecule has 2 aromatic heterocycles. The zero-order valence-corrected chi connectivity index (χ0v) is 21.7. The van der Waals surface area contributed by atoms with E-state index >= 15 is 0 Å². The topological polar surface area (TPSA) is 119 Å². The van der Waals surface area contributed by atoms with Crippen molar-refractivity contribution in [3.05, 3.63) is 46.5 Å². The maximum Gasteiger partial charge on any atom is 0.277 e. The van der Waals surface area contributed by atoms with Crippen LogP contribution >= 0.6 is 11.6 Å². The molecular weight excluding hydrogens is 476 g/mol. The van der Waals surface area contributed by atoms with Crippen molar-refractivity contribution in [2.75, 3.05) is 24.6 Å². The van der Waals surface area contributed by atoms with E-state index in [-0.39, 0.29) is 22.7 Å². The number of amides is 1. The van der Waals surface area contributed by atoms with E-state index in [2.05, 4.69) is 55.6 Å². The third-order valence-corrected chi connectivity index (χ3v) is 7.77. The number of allylic oxidation sites excluding steroid dienone is 1. The number of hydrogen-bond donors (Lipinski definition) is 3. The number of aromatic nitrogens is 4. The van der Waals surface area contributed by atoms with Gasteiger partial charge in [0.1, 0.15) is 18.3 Å². The van der Waals surface area contributed by atoms with E-state index in [1.807, 2.05) is 4.90 Å². The second kappa shape index (κ2) is 9.97. The van der Waals surface area contributed by atoms with E-state index in [9.17, 15) is 4.79 Å². The molecule has 1 saturated carbocycles. The number of nitrogens with two attached hydrogens (primary N) is 2. The number of nitrogens with one attached hydrogen (secondary N) is 1. The third-order valence-electron chi connectivity index (χ3n) is 7.49. The van der Waals surface area contributed by atoms with Gasteiger partial charge < -0.3 is 21.7 Å². The molecule has 2 aliphatic rings. The van der Waals surface area contributed by atoms with Gasteiger partial charge in [0.2, 0.25) is 5.91 Å². The van der Waals surface area contributed by atoms with E-state index in [0.29, 0.717) is 18.3 Å². The first-order valence-electron chi connectivity index (χ1n) is 12.7. The molecule has 1 saturated heterocycles. The van der Waals surface area contributed by atoms with Crippen molar-refractivity contribution in [3.8, 4) is 0 Å². The van der Waals surface area contributed by atoms with Crippen LogP contribution in [0.1, 0.15) is 63.5 Å². The highest BCUT2D eigenvalue weighted by molar-refractivity contribution is 6.31. The Balaban J connectivity index is 1.53. The predicted octanol–water partition coefficient (Wildman–Crippen LogP) is 3.42. The summed E-state index contributed by atoms with van der Waals surface area (Å²) in [5.41, 5.74) is 17.2. The smallest absolute Gasteiger partial charge is 0.277 e. The molecule has 1 aromatic carbocycles. The Hall–Kier alpha value is -3.33. The fourth-order valence-electron chi connectivity index (χ4n) is 5.46. The SMILES string of the molecule is CC[n+]1c(CNC(=C2CCC2)c2nc(Cl)c(N)nc2N)n(C2CCN(C(C)=O)CC2)c2ccccc21. The number of benzene rings is 1. The van der Waals surface area contributed by atoms with Gasteiger partial charge in [0.05, 0.1) is 12.2 Å². The minimum atomic E-state index is 0.136. The summed E-state index contributed by atoms with van der Waals surface area (Å²) >= 11 is 6.23. The third kappa shape index (κ3) is 4.36. The average Bonchev–Trinajstić information content (AvgIpc) is 3.16. The van der Waals surface area contributed by atoms with E-state index < -0.39 is 0 Å². The fraction of sp³-hybridized carbons (Fsp3) is 0.462. The number of likely N-dealkylation sites (tertiary alicyclic amines) is 1. The van der Waals surface area contributed by atoms with Crippen molar-refractivity contribution in [3.63, 3.8) is 0 Å². The van der Waals surface area contributed by atoms with E-state index in [0.717, 1.165) is 57.4 Å². The van der Waals surface area contributed by atoms with Crippen LogP contribution in [-0.4, -0.2) is 38.4 Å². The number of imidazole rings is 1. The predicted molar refractivity (Wildman–Crippen MR) is 142 cm³/mol. The molecule has 190 valence electrons. The number of aryl methyl sites for hydroxylation is 1. The first-order chi connectivity index (χ1) is 17.4. The molecule has 5 rings (SSSR count). The summed E-state index contributed by atoms with van der Waals surface area (Å²) in [7, 11) is 0. The number of piperidine rings is 1. The lowest BCUT2D eigenvalue weighted by molar-refractivity contribution is -0.676. The number of hydrogen-bond acceptors (Lipinski definition) is 6. The highest BCUT2D eigenvalue weighted by Gasteiger charge is 2.33. The Kier molecular flexibility index (Phi) is 6.75. The van der Waals surface area contributed by atoms with Gasteiger partial charge in [-0.2, -0.15) is 0 Å². The highest BCUT2D eigenvalue weighted by Crippen LogP contribution is 2.35. The van der Waals surface area contributed by atoms with Crippen molar-refractivity contribution < 1.29 is 9.36 Å². The van der Waals surface area contributed by atoms with Gasteiger partial charge in [-0.15, -0.1) is 0 Å². The lowest BCUT2D eigenvalue weighted by atomic mass is 9.89. The minimum absolute atomic E-state index is 0.136. The molecule has 5 N–H and O–H groups in total. The maximum absolute atomic E-state index is 11.9. The van der Waals surface area contributed by atoms with Crippen LogP contribution in [0.3, 0.4) is 0 Å². The summed E-state index contributed by atoms with van der Waals surface area (Å²) in [5, 5.41) is 3.84. The molecule has 1 aliphatic carbocycles. The number of nitrogen functional groups attached to an aromatic ring is 2. The number of fused-ring (bicyclic) bond motifs is 1. The monoisotopic (exact) mass is 509 g/mol. The Morgan fingerprint density at radius 1 is 1.17 bits per heavy atom. The van der Waals surface area contributed by atoms with E-state index in [1.165, 1.54) is 22.4 Å². The molecule has 10 heteroatoms. The number of nitrogens with zero attached hydrogens (tertiary/aromatic N) is 5. The summed E-state index contributed by atoms with van der Waals surface area (Å²) in [4.78, 5) is 22.6. The van der Waals surface area contributed by atoms with Gasteiger partial charge >= 0.3 is 0 Å². The molecule has 0 bridgehead atoms. The molecule has 0 radical (unpaired) electrons. The van der Waals surface area contributed by atoms with Crippen LogP contribution in [0.2, 0.25) is 5.15 Å². The van der Waals surface area contributed by atoms with Crippen LogP contribution in [0.15, 0.2) is 29.8 Å². The van der Waals surface area contributed by atoms with Crippen LogP contribution in [0.5, 0.6) is 0 Å². The van der Waals surface area contributed by atoms with Crippen molar-refractivity contribution in [2.24, 2.45) is 0 Å². The minimum Gasteiger partial charge on any atom is -0.382 e. The molecule has 3 aromatic rings. The second-order valence-corrected chi connectivity index (χ2v) is 9.93. The number of carbonyl (C=O) groups is 1. The number of carbonyl (C=O) groups excluding carboxylic acids is 1. The lowest BCUT2D eigenvalue weighted by Gasteiger charge is -2.30. The molecule has 0 atom stereocenters. The summed E-state index contributed by atoms with van der Waals surface area (Å²) < 4.78 is 4.84. The fourth-order valence-corrected chi connectivity index (χ4v) is 5.58. The van der Waals surface area contributed by atoms with Crippen molar-refractivity contribution in [1.29, 1.82) is 0 Å². The molecule has 2 fully saturated rings. The van der Waals surface area contributed by atoms with Gasteiger partial charge in [-0.1, -0.05) is 23.7 Å². The Labute approximate surface area is 216 Å². The van der Waals surface area contributed by atoms with Crippen molar-refractivity contribution >= 4 is 45.9 Å². The second-order valence-electron chi connectivity index (χ2n) is 9.58. The van der Waals surface area contributed by atoms with Crippen LogP contribution < -0.4 is 21.4 Å². The average molecular weight is 510 g/mol. The molecule has 36 heavy (non-hydrogen) atoms. The standard InChI is InChI=1S/C26H34ClN8O/c1-3-34-19-9-4-5-10-20(19)35(18-11-13-33(14-12-18)16(2)36)21(34)15-30-22(17-7-6-8-17)23-25(28)32-26(29)24(27)31-23/h4-5,9-10,18,30H,3,6-8,11-15H2,1-2H3,(H4,28,29,32)/q+1. The van der Waals surface area contributed by atoms with Gasteiger partial charge in [0.15, 0.2) is 27.8 Å². The molecule has 1 aliphatic heterocycles. The number of anilines is 2. The maximum atomic E-state index is 11.9. The first kappa shape index (κ1) is 24.4. The highest BCUT2D eigenvalue weighted by atomic mass is 35.5. The molecule has 1 amide bonds. The van der Waals surface area contributed by atoms with Gasteiger partial charge in [-0.05, 0) is 43.9 Å². The number of rotatable bonds is 6. The molecule has 9 nitrogen and oxygen atoms in total.